The van der Waals surface area contributed by atoms with Gasteiger partial charge >= 0.3 is 0 Å². The molecule has 0 unspecified atom stereocenters. The molecule has 18 heavy (non-hydrogen) atoms. The van der Waals surface area contributed by atoms with E-state index < -0.39 is 5.82 Å². The summed E-state index contributed by atoms with van der Waals surface area (Å²) in [5, 5.41) is 16.6. The van der Waals surface area contributed by atoms with Gasteiger partial charge in [-0.05, 0) is 23.8 Å². The van der Waals surface area contributed by atoms with Crippen LogP contribution in [0.5, 0.6) is 0 Å². The van der Waals surface area contributed by atoms with Crippen molar-refractivity contribution in [2.75, 3.05) is 13.6 Å². The molecular formula is C11H15FN4O2. The summed E-state index contributed by atoms with van der Waals surface area (Å²) in [7, 11) is 1.53. The Balaban J connectivity index is 2.71. The Hall–Kier alpha value is -2.15. The zero-order chi connectivity index (χ0) is 13.5. The van der Waals surface area contributed by atoms with Crippen LogP contribution in [-0.2, 0) is 11.3 Å². The smallest absolute Gasteiger partial charge is 0.233 e. The second-order valence-corrected chi connectivity index (χ2v) is 3.61. The van der Waals surface area contributed by atoms with Gasteiger partial charge in [0.1, 0.15) is 5.82 Å². The molecule has 98 valence electrons. The highest BCUT2D eigenvalue weighted by atomic mass is 19.1. The fourth-order valence-electron chi connectivity index (χ4n) is 1.37. The lowest BCUT2D eigenvalue weighted by Gasteiger charge is -2.06. The highest BCUT2D eigenvalue weighted by Gasteiger charge is 2.05. The standard InChI is InChI=1S/C11H15FN4O2/c1-14-10(17)6-15-5-7-2-8(11(13)16-18)4-9(12)3-7/h2-4,15,18H,5-6H2,1H3,(H2,13,16)(H,14,17). The minimum absolute atomic E-state index is 0.131. The summed E-state index contributed by atoms with van der Waals surface area (Å²) < 4.78 is 13.3. The number of carbonyl (C=O) groups is 1. The highest BCUT2D eigenvalue weighted by Crippen LogP contribution is 2.09. The predicted octanol–water partition coefficient (Wildman–Crippen LogP) is -0.244. The number of rotatable bonds is 5. The van der Waals surface area contributed by atoms with Gasteiger partial charge < -0.3 is 21.6 Å². The summed E-state index contributed by atoms with van der Waals surface area (Å²) >= 11 is 0. The van der Waals surface area contributed by atoms with E-state index in [2.05, 4.69) is 15.8 Å². The summed E-state index contributed by atoms with van der Waals surface area (Å²) in [4.78, 5) is 11.0. The van der Waals surface area contributed by atoms with Gasteiger partial charge in [-0.25, -0.2) is 4.39 Å². The molecule has 0 atom stereocenters. The summed E-state index contributed by atoms with van der Waals surface area (Å²) in [6, 6.07) is 4.05. The lowest BCUT2D eigenvalue weighted by Crippen LogP contribution is -2.31. The van der Waals surface area contributed by atoms with Gasteiger partial charge in [0.25, 0.3) is 0 Å². The Morgan fingerprint density at radius 2 is 2.22 bits per heavy atom. The minimum Gasteiger partial charge on any atom is -0.409 e. The number of carbonyl (C=O) groups excluding carboxylic acids is 1. The SMILES string of the molecule is CNC(=O)CNCc1cc(F)cc(/C(N)=N/O)c1. The van der Waals surface area contributed by atoms with E-state index in [-0.39, 0.29) is 23.9 Å². The number of hydrogen-bond acceptors (Lipinski definition) is 4. The molecule has 0 radical (unpaired) electrons. The maximum Gasteiger partial charge on any atom is 0.233 e. The van der Waals surface area contributed by atoms with Crippen molar-refractivity contribution in [3.8, 4) is 0 Å². The van der Waals surface area contributed by atoms with Crippen molar-refractivity contribution in [2.45, 2.75) is 6.54 Å². The van der Waals surface area contributed by atoms with Gasteiger partial charge in [-0.3, -0.25) is 4.79 Å². The van der Waals surface area contributed by atoms with Crippen molar-refractivity contribution < 1.29 is 14.4 Å². The first-order valence-electron chi connectivity index (χ1n) is 5.25. The Morgan fingerprint density at radius 3 is 2.83 bits per heavy atom. The van der Waals surface area contributed by atoms with Gasteiger partial charge in [-0.2, -0.15) is 0 Å². The molecule has 1 aromatic rings. The molecule has 0 fully saturated rings. The normalized spacial score (nSPS) is 11.3. The molecule has 0 aliphatic heterocycles. The lowest BCUT2D eigenvalue weighted by molar-refractivity contribution is -0.119. The van der Waals surface area contributed by atoms with E-state index >= 15 is 0 Å². The first-order valence-corrected chi connectivity index (χ1v) is 5.25. The number of halogens is 1. The van der Waals surface area contributed by atoms with Crippen LogP contribution >= 0.6 is 0 Å². The van der Waals surface area contributed by atoms with Crippen LogP contribution < -0.4 is 16.4 Å². The van der Waals surface area contributed by atoms with Crippen molar-refractivity contribution in [3.05, 3.63) is 35.1 Å². The number of nitrogens with zero attached hydrogens (tertiary/aromatic N) is 1. The van der Waals surface area contributed by atoms with Gasteiger partial charge in [0.05, 0.1) is 6.54 Å². The van der Waals surface area contributed by atoms with Crippen LogP contribution in [0.4, 0.5) is 4.39 Å². The molecular weight excluding hydrogens is 239 g/mol. The number of likely N-dealkylation sites (N-methyl/N-ethyl adjacent to an activating group) is 1. The second kappa shape index (κ2) is 6.55. The van der Waals surface area contributed by atoms with E-state index in [0.29, 0.717) is 12.1 Å². The van der Waals surface area contributed by atoms with Crippen molar-refractivity contribution in [1.29, 1.82) is 0 Å². The third-order valence-corrected chi connectivity index (χ3v) is 2.25. The zero-order valence-corrected chi connectivity index (χ0v) is 9.90. The molecule has 0 spiro atoms. The van der Waals surface area contributed by atoms with E-state index in [1.165, 1.54) is 13.1 Å². The van der Waals surface area contributed by atoms with Crippen LogP contribution in [0.2, 0.25) is 0 Å². The second-order valence-electron chi connectivity index (χ2n) is 3.61. The zero-order valence-electron chi connectivity index (χ0n) is 9.90. The number of nitrogens with two attached hydrogens (primary N) is 1. The maximum atomic E-state index is 13.3. The minimum atomic E-state index is -0.490. The summed E-state index contributed by atoms with van der Waals surface area (Å²) in [6.07, 6.45) is 0. The van der Waals surface area contributed by atoms with Gasteiger partial charge in [-0.15, -0.1) is 0 Å². The van der Waals surface area contributed by atoms with E-state index in [0.717, 1.165) is 6.07 Å². The highest BCUT2D eigenvalue weighted by molar-refractivity contribution is 5.97. The van der Waals surface area contributed by atoms with Crippen molar-refractivity contribution in [1.82, 2.24) is 10.6 Å². The van der Waals surface area contributed by atoms with E-state index in [4.69, 9.17) is 10.9 Å². The van der Waals surface area contributed by atoms with Crippen molar-refractivity contribution in [2.24, 2.45) is 10.9 Å². The average molecular weight is 254 g/mol. The Morgan fingerprint density at radius 1 is 1.50 bits per heavy atom. The Labute approximate surface area is 104 Å². The molecule has 1 aromatic carbocycles. The number of nitrogens with one attached hydrogen (secondary N) is 2. The molecule has 7 heteroatoms. The Kier molecular flexibility index (Phi) is 5.06. The fraction of sp³-hybridized carbons (Fsp3) is 0.273. The average Bonchev–Trinajstić information content (AvgIpc) is 2.36. The molecule has 0 bridgehead atoms. The molecule has 1 rings (SSSR count). The predicted molar refractivity (Wildman–Crippen MR) is 64.7 cm³/mol. The number of hydrogen-bond donors (Lipinski definition) is 4. The maximum absolute atomic E-state index is 13.3. The van der Waals surface area contributed by atoms with Crippen LogP contribution in [0.1, 0.15) is 11.1 Å². The molecule has 0 aliphatic rings. The van der Waals surface area contributed by atoms with Crippen molar-refractivity contribution in [3.63, 3.8) is 0 Å². The Bertz CT molecular complexity index is 462. The van der Waals surface area contributed by atoms with Gasteiger partial charge in [0.2, 0.25) is 5.91 Å². The molecule has 5 N–H and O–H groups in total. The third-order valence-electron chi connectivity index (χ3n) is 2.25. The number of oxime groups is 1. The van der Waals surface area contributed by atoms with Gasteiger partial charge in [-0.1, -0.05) is 5.16 Å². The summed E-state index contributed by atoms with van der Waals surface area (Å²) in [5.41, 5.74) is 6.26. The van der Waals surface area contributed by atoms with E-state index in [1.807, 2.05) is 0 Å². The first kappa shape index (κ1) is 13.9. The van der Waals surface area contributed by atoms with Crippen LogP contribution in [0.25, 0.3) is 0 Å². The number of amidine groups is 1. The summed E-state index contributed by atoms with van der Waals surface area (Å²) in [5.74, 6) is -0.819. The summed E-state index contributed by atoms with van der Waals surface area (Å²) in [6.45, 7) is 0.433. The third kappa shape index (κ3) is 4.02. The lowest BCUT2D eigenvalue weighted by atomic mass is 10.1. The molecule has 0 saturated carbocycles. The van der Waals surface area contributed by atoms with Crippen LogP contribution in [0.3, 0.4) is 0 Å². The van der Waals surface area contributed by atoms with Crippen LogP contribution in [0, 0.1) is 5.82 Å². The molecule has 1 amide bonds. The number of benzene rings is 1. The quantitative estimate of drug-likeness (QED) is 0.252. The molecule has 0 saturated heterocycles. The van der Waals surface area contributed by atoms with Crippen molar-refractivity contribution >= 4 is 11.7 Å². The van der Waals surface area contributed by atoms with E-state index in [1.54, 1.807) is 6.07 Å². The largest absolute Gasteiger partial charge is 0.409 e. The fourth-order valence-corrected chi connectivity index (χ4v) is 1.37. The monoisotopic (exact) mass is 254 g/mol. The molecule has 0 aliphatic carbocycles. The number of amides is 1. The topological polar surface area (TPSA) is 99.7 Å². The van der Waals surface area contributed by atoms with Gasteiger partial charge in [0, 0.05) is 19.2 Å². The van der Waals surface area contributed by atoms with E-state index in [9.17, 15) is 9.18 Å². The van der Waals surface area contributed by atoms with Crippen LogP contribution in [-0.4, -0.2) is 30.5 Å². The van der Waals surface area contributed by atoms with Crippen LogP contribution in [0.15, 0.2) is 23.4 Å². The van der Waals surface area contributed by atoms with Gasteiger partial charge in [0.15, 0.2) is 5.84 Å². The first-order chi connectivity index (χ1) is 8.56. The molecule has 6 nitrogen and oxygen atoms in total. The molecule has 0 heterocycles. The molecule has 0 aromatic heterocycles.